The molecule has 0 unspecified atom stereocenters. The normalized spacial score (nSPS) is 9.71. The van der Waals surface area contributed by atoms with Gasteiger partial charge in [0.05, 0.1) is 12.2 Å². The predicted octanol–water partition coefficient (Wildman–Crippen LogP) is 1.25. The molecule has 0 aliphatic rings. The van der Waals surface area contributed by atoms with Crippen LogP contribution in [0.2, 0.25) is 0 Å². The molecule has 6 nitrogen and oxygen atoms in total. The molecular weight excluding hydrogens is 228 g/mol. The molecule has 0 heterocycles. The largest absolute Gasteiger partial charge is 0.490 e. The Morgan fingerprint density at radius 2 is 1.88 bits per heavy atom. The van der Waals surface area contributed by atoms with Gasteiger partial charge in [0.15, 0.2) is 18.1 Å². The van der Waals surface area contributed by atoms with Crippen LogP contribution in [0.3, 0.4) is 0 Å². The average Bonchev–Trinajstić information content (AvgIpc) is 2.27. The van der Waals surface area contributed by atoms with Gasteiger partial charge in [0.1, 0.15) is 0 Å². The van der Waals surface area contributed by atoms with Gasteiger partial charge in [-0.3, -0.25) is 0 Å². The third kappa shape index (κ3) is 3.67. The van der Waals surface area contributed by atoms with Crippen molar-refractivity contribution in [3.63, 3.8) is 0 Å². The number of carboxylic acids is 2. The first-order chi connectivity index (χ1) is 8.04. The van der Waals surface area contributed by atoms with Gasteiger partial charge in [-0.2, -0.15) is 0 Å². The van der Waals surface area contributed by atoms with Crippen LogP contribution in [0, 0.1) is 0 Å². The van der Waals surface area contributed by atoms with Crippen LogP contribution >= 0.6 is 0 Å². The molecule has 0 bridgehead atoms. The van der Waals surface area contributed by atoms with E-state index in [4.69, 9.17) is 19.7 Å². The molecule has 6 heteroatoms. The fourth-order valence-corrected chi connectivity index (χ4v) is 1.17. The van der Waals surface area contributed by atoms with Crippen molar-refractivity contribution in [1.82, 2.24) is 0 Å². The molecule has 92 valence electrons. The van der Waals surface area contributed by atoms with Gasteiger partial charge in [0, 0.05) is 0 Å². The third-order valence-corrected chi connectivity index (χ3v) is 1.84. The second kappa shape index (κ2) is 5.74. The first-order valence-electron chi connectivity index (χ1n) is 4.89. The molecular formula is C11H12O6. The van der Waals surface area contributed by atoms with Crippen LogP contribution in [-0.2, 0) is 4.79 Å². The van der Waals surface area contributed by atoms with Crippen molar-refractivity contribution in [2.75, 3.05) is 13.2 Å². The van der Waals surface area contributed by atoms with Gasteiger partial charge in [-0.25, -0.2) is 9.59 Å². The number of carboxylic acid groups (broad SMARTS) is 2. The van der Waals surface area contributed by atoms with Crippen molar-refractivity contribution < 1.29 is 29.3 Å². The molecule has 0 atom stereocenters. The monoisotopic (exact) mass is 240 g/mol. The number of hydrogen-bond acceptors (Lipinski definition) is 4. The number of rotatable bonds is 6. The molecule has 1 aromatic rings. The quantitative estimate of drug-likeness (QED) is 0.777. The number of ether oxygens (including phenoxy) is 2. The maximum absolute atomic E-state index is 10.7. The van der Waals surface area contributed by atoms with Gasteiger partial charge in [-0.15, -0.1) is 0 Å². The molecule has 17 heavy (non-hydrogen) atoms. The number of hydrogen-bond donors (Lipinski definition) is 2. The van der Waals surface area contributed by atoms with E-state index in [9.17, 15) is 9.59 Å². The summed E-state index contributed by atoms with van der Waals surface area (Å²) in [6.45, 7) is 1.55. The zero-order valence-electron chi connectivity index (χ0n) is 9.17. The van der Waals surface area contributed by atoms with E-state index >= 15 is 0 Å². The summed E-state index contributed by atoms with van der Waals surface area (Å²) in [6, 6.07) is 3.99. The molecule has 0 fully saturated rings. The van der Waals surface area contributed by atoms with Gasteiger partial charge >= 0.3 is 11.9 Å². The lowest BCUT2D eigenvalue weighted by Gasteiger charge is -2.11. The molecule has 0 spiro atoms. The average molecular weight is 240 g/mol. The molecule has 0 aliphatic carbocycles. The second-order valence-electron chi connectivity index (χ2n) is 3.08. The highest BCUT2D eigenvalue weighted by Gasteiger charge is 2.11. The topological polar surface area (TPSA) is 93.1 Å². The van der Waals surface area contributed by atoms with Crippen molar-refractivity contribution in [3.05, 3.63) is 23.8 Å². The molecule has 1 aromatic carbocycles. The lowest BCUT2D eigenvalue weighted by Crippen LogP contribution is -2.10. The maximum atomic E-state index is 10.7. The summed E-state index contributed by atoms with van der Waals surface area (Å²) >= 11 is 0. The molecule has 0 amide bonds. The molecule has 0 radical (unpaired) electrons. The van der Waals surface area contributed by atoms with Crippen molar-refractivity contribution in [2.24, 2.45) is 0 Å². The Balaban J connectivity index is 2.95. The van der Waals surface area contributed by atoms with Gasteiger partial charge in [0.25, 0.3) is 0 Å². The van der Waals surface area contributed by atoms with Crippen molar-refractivity contribution in [2.45, 2.75) is 6.92 Å². The summed E-state index contributed by atoms with van der Waals surface area (Å²) in [6.07, 6.45) is 0. The van der Waals surface area contributed by atoms with Crippen molar-refractivity contribution in [1.29, 1.82) is 0 Å². The highest BCUT2D eigenvalue weighted by molar-refractivity contribution is 5.88. The van der Waals surface area contributed by atoms with E-state index in [1.54, 1.807) is 6.92 Å². The minimum Gasteiger partial charge on any atom is -0.490 e. The zero-order valence-corrected chi connectivity index (χ0v) is 9.17. The van der Waals surface area contributed by atoms with E-state index in [1.807, 2.05) is 0 Å². The summed E-state index contributed by atoms with van der Waals surface area (Å²) in [5.41, 5.74) is 0.0520. The summed E-state index contributed by atoms with van der Waals surface area (Å²) in [7, 11) is 0. The van der Waals surface area contributed by atoms with E-state index in [0.717, 1.165) is 0 Å². The Hall–Kier alpha value is -2.24. The highest BCUT2D eigenvalue weighted by Crippen LogP contribution is 2.28. The fraction of sp³-hybridized carbons (Fsp3) is 0.273. The number of carbonyl (C=O) groups is 2. The number of benzene rings is 1. The van der Waals surface area contributed by atoms with Crippen LogP contribution in [0.5, 0.6) is 11.5 Å². The summed E-state index contributed by atoms with van der Waals surface area (Å²) in [5, 5.41) is 17.3. The minimum absolute atomic E-state index is 0.0520. The molecule has 0 saturated heterocycles. The summed E-state index contributed by atoms with van der Waals surface area (Å²) in [5.74, 6) is -1.78. The van der Waals surface area contributed by atoms with Crippen LogP contribution < -0.4 is 9.47 Å². The fourth-order valence-electron chi connectivity index (χ4n) is 1.17. The van der Waals surface area contributed by atoms with Gasteiger partial charge < -0.3 is 19.7 Å². The van der Waals surface area contributed by atoms with E-state index in [-0.39, 0.29) is 17.1 Å². The lowest BCUT2D eigenvalue weighted by molar-refractivity contribution is -0.139. The molecule has 0 aromatic heterocycles. The van der Waals surface area contributed by atoms with E-state index in [2.05, 4.69) is 0 Å². The SMILES string of the molecule is CCOc1cc(C(=O)O)ccc1OCC(=O)O. The van der Waals surface area contributed by atoms with E-state index in [0.29, 0.717) is 6.61 Å². The van der Waals surface area contributed by atoms with Crippen LogP contribution in [0.15, 0.2) is 18.2 Å². The Kier molecular flexibility index (Phi) is 4.33. The van der Waals surface area contributed by atoms with Crippen LogP contribution in [0.4, 0.5) is 0 Å². The Morgan fingerprint density at radius 3 is 2.41 bits per heavy atom. The molecule has 2 N–H and O–H groups in total. The predicted molar refractivity (Wildman–Crippen MR) is 57.7 cm³/mol. The number of aliphatic carboxylic acids is 1. The van der Waals surface area contributed by atoms with Gasteiger partial charge in [-0.1, -0.05) is 0 Å². The van der Waals surface area contributed by atoms with E-state index in [1.165, 1.54) is 18.2 Å². The number of aromatic carboxylic acids is 1. The Morgan fingerprint density at radius 1 is 1.18 bits per heavy atom. The first-order valence-corrected chi connectivity index (χ1v) is 4.89. The first kappa shape index (κ1) is 12.8. The second-order valence-corrected chi connectivity index (χ2v) is 3.08. The van der Waals surface area contributed by atoms with Gasteiger partial charge in [0.2, 0.25) is 0 Å². The Labute approximate surface area is 97.4 Å². The summed E-state index contributed by atoms with van der Waals surface area (Å²) < 4.78 is 10.1. The third-order valence-electron chi connectivity index (χ3n) is 1.84. The smallest absolute Gasteiger partial charge is 0.341 e. The zero-order chi connectivity index (χ0) is 12.8. The maximum Gasteiger partial charge on any atom is 0.341 e. The summed E-state index contributed by atoms with van der Waals surface area (Å²) in [4.78, 5) is 21.1. The van der Waals surface area contributed by atoms with E-state index < -0.39 is 18.5 Å². The van der Waals surface area contributed by atoms with Crippen LogP contribution in [0.25, 0.3) is 0 Å². The lowest BCUT2D eigenvalue weighted by atomic mass is 10.2. The highest BCUT2D eigenvalue weighted by atomic mass is 16.5. The minimum atomic E-state index is -1.12. The van der Waals surface area contributed by atoms with Crippen LogP contribution in [-0.4, -0.2) is 35.4 Å². The molecule has 1 rings (SSSR count). The van der Waals surface area contributed by atoms with Crippen molar-refractivity contribution in [3.8, 4) is 11.5 Å². The standard InChI is InChI=1S/C11H12O6/c1-2-16-9-5-7(11(14)15)3-4-8(9)17-6-10(12)13/h3-5H,2,6H2,1H3,(H,12,13)(H,14,15). The Bertz CT molecular complexity index is 426. The van der Waals surface area contributed by atoms with Gasteiger partial charge in [-0.05, 0) is 25.1 Å². The molecule has 0 saturated carbocycles. The molecule has 0 aliphatic heterocycles. The van der Waals surface area contributed by atoms with Crippen molar-refractivity contribution >= 4 is 11.9 Å². The van der Waals surface area contributed by atoms with Crippen LogP contribution in [0.1, 0.15) is 17.3 Å².